The monoisotopic (exact) mass is 391 g/mol. The van der Waals surface area contributed by atoms with Gasteiger partial charge >= 0.3 is 6.18 Å². The molecule has 0 unspecified atom stereocenters. The molecule has 4 nitrogen and oxygen atoms in total. The molecule has 0 N–H and O–H groups in total. The van der Waals surface area contributed by atoms with Crippen molar-refractivity contribution < 1.29 is 18.0 Å². The van der Waals surface area contributed by atoms with Gasteiger partial charge in [-0.2, -0.15) is 13.2 Å². The van der Waals surface area contributed by atoms with Gasteiger partial charge in [-0.1, -0.05) is 18.2 Å². The number of hydrogen-bond acceptors (Lipinski definition) is 3. The van der Waals surface area contributed by atoms with E-state index >= 15 is 0 Å². The first-order valence-electron chi connectivity index (χ1n) is 9.30. The van der Waals surface area contributed by atoms with Crippen molar-refractivity contribution in [2.75, 3.05) is 27.2 Å². The van der Waals surface area contributed by atoms with E-state index in [-0.39, 0.29) is 11.9 Å². The third-order valence-corrected chi connectivity index (χ3v) is 5.04. The summed E-state index contributed by atoms with van der Waals surface area (Å²) in [5.41, 5.74) is 1.85. The van der Waals surface area contributed by atoms with Crippen LogP contribution in [0.25, 0.3) is 0 Å². The molecule has 7 heteroatoms. The SMILES string of the molecule is CN(C)C(=O)CN1CCC[C@@H]1c1cccc(Cc2ccc(C(F)(F)F)cc2)n1. The normalized spacial score (nSPS) is 17.7. The van der Waals surface area contributed by atoms with E-state index in [1.54, 1.807) is 19.0 Å². The number of likely N-dealkylation sites (tertiary alicyclic amines) is 1. The number of pyridine rings is 1. The van der Waals surface area contributed by atoms with Gasteiger partial charge in [-0.05, 0) is 49.2 Å². The Morgan fingerprint density at radius 1 is 1.18 bits per heavy atom. The molecular weight excluding hydrogens is 367 g/mol. The van der Waals surface area contributed by atoms with Crippen LogP contribution in [-0.2, 0) is 17.4 Å². The number of likely N-dealkylation sites (N-methyl/N-ethyl adjacent to an activating group) is 1. The number of benzene rings is 1. The first-order chi connectivity index (χ1) is 13.2. The lowest BCUT2D eigenvalue weighted by Crippen LogP contribution is -2.36. The highest BCUT2D eigenvalue weighted by Crippen LogP contribution is 2.31. The van der Waals surface area contributed by atoms with E-state index in [1.807, 2.05) is 18.2 Å². The van der Waals surface area contributed by atoms with Gasteiger partial charge in [0, 0.05) is 26.2 Å². The molecule has 2 heterocycles. The number of rotatable bonds is 5. The Bertz CT molecular complexity index is 818. The van der Waals surface area contributed by atoms with Gasteiger partial charge in [0.2, 0.25) is 5.91 Å². The van der Waals surface area contributed by atoms with Crippen LogP contribution in [-0.4, -0.2) is 47.9 Å². The Morgan fingerprint density at radius 3 is 2.54 bits per heavy atom. The first kappa shape index (κ1) is 20.3. The third kappa shape index (κ3) is 4.90. The maximum Gasteiger partial charge on any atom is 0.416 e. The maximum atomic E-state index is 12.7. The van der Waals surface area contributed by atoms with Gasteiger partial charge in [0.25, 0.3) is 0 Å². The first-order valence-corrected chi connectivity index (χ1v) is 9.30. The molecule has 28 heavy (non-hydrogen) atoms. The van der Waals surface area contributed by atoms with E-state index in [9.17, 15) is 18.0 Å². The zero-order valence-electron chi connectivity index (χ0n) is 16.0. The van der Waals surface area contributed by atoms with Crippen LogP contribution in [0, 0.1) is 0 Å². The fraction of sp³-hybridized carbons (Fsp3) is 0.429. The van der Waals surface area contributed by atoms with E-state index in [0.29, 0.717) is 13.0 Å². The van der Waals surface area contributed by atoms with Crippen molar-refractivity contribution in [3.8, 4) is 0 Å². The predicted octanol–water partition coefficient (Wildman–Crippen LogP) is 3.92. The van der Waals surface area contributed by atoms with Gasteiger partial charge in [0.15, 0.2) is 0 Å². The fourth-order valence-electron chi connectivity index (χ4n) is 3.47. The van der Waals surface area contributed by atoms with Gasteiger partial charge in [0.1, 0.15) is 0 Å². The number of aromatic nitrogens is 1. The smallest absolute Gasteiger partial charge is 0.348 e. The van der Waals surface area contributed by atoms with Crippen molar-refractivity contribution in [3.63, 3.8) is 0 Å². The minimum atomic E-state index is -4.33. The highest BCUT2D eigenvalue weighted by atomic mass is 19.4. The highest BCUT2D eigenvalue weighted by Gasteiger charge is 2.30. The molecule has 0 bridgehead atoms. The molecule has 1 aliphatic rings. The summed E-state index contributed by atoms with van der Waals surface area (Å²) in [6.07, 6.45) is -1.91. The van der Waals surface area contributed by atoms with Crippen LogP contribution < -0.4 is 0 Å². The van der Waals surface area contributed by atoms with Crippen molar-refractivity contribution >= 4 is 5.91 Å². The molecule has 0 saturated carbocycles. The number of nitrogens with zero attached hydrogens (tertiary/aromatic N) is 3. The second-order valence-corrected chi connectivity index (χ2v) is 7.34. The summed E-state index contributed by atoms with van der Waals surface area (Å²) in [5.74, 6) is 0.0628. The summed E-state index contributed by atoms with van der Waals surface area (Å²) in [5, 5.41) is 0. The van der Waals surface area contributed by atoms with Crippen molar-refractivity contribution in [1.82, 2.24) is 14.8 Å². The molecule has 1 fully saturated rings. The van der Waals surface area contributed by atoms with Gasteiger partial charge in [-0.15, -0.1) is 0 Å². The second kappa shape index (κ2) is 8.31. The molecule has 150 valence electrons. The summed E-state index contributed by atoms with van der Waals surface area (Å²) < 4.78 is 38.1. The third-order valence-electron chi connectivity index (χ3n) is 5.04. The summed E-state index contributed by atoms with van der Waals surface area (Å²) in [6, 6.07) is 11.0. The van der Waals surface area contributed by atoms with Crippen LogP contribution in [0.2, 0.25) is 0 Å². The summed E-state index contributed by atoms with van der Waals surface area (Å²) in [7, 11) is 3.49. The molecule has 0 radical (unpaired) electrons. The second-order valence-electron chi connectivity index (χ2n) is 7.34. The highest BCUT2D eigenvalue weighted by molar-refractivity contribution is 5.77. The molecule has 1 atom stereocenters. The fourth-order valence-corrected chi connectivity index (χ4v) is 3.47. The van der Waals surface area contributed by atoms with Crippen molar-refractivity contribution in [1.29, 1.82) is 0 Å². The van der Waals surface area contributed by atoms with Crippen LogP contribution in [0.3, 0.4) is 0 Å². The number of carbonyl (C=O) groups is 1. The van der Waals surface area contributed by atoms with Crippen LogP contribution in [0.15, 0.2) is 42.5 Å². The molecule has 1 aromatic heterocycles. The number of carbonyl (C=O) groups excluding carboxylic acids is 1. The Morgan fingerprint density at radius 2 is 1.89 bits per heavy atom. The summed E-state index contributed by atoms with van der Waals surface area (Å²) >= 11 is 0. The van der Waals surface area contributed by atoms with Crippen molar-refractivity contribution in [3.05, 3.63) is 65.0 Å². The molecule has 0 aliphatic carbocycles. The van der Waals surface area contributed by atoms with E-state index in [0.717, 1.165) is 48.5 Å². The largest absolute Gasteiger partial charge is 0.416 e. The number of alkyl halides is 3. The number of amides is 1. The van der Waals surface area contributed by atoms with E-state index in [4.69, 9.17) is 4.98 Å². The lowest BCUT2D eigenvalue weighted by Gasteiger charge is -2.25. The molecule has 3 rings (SSSR count). The summed E-state index contributed by atoms with van der Waals surface area (Å²) in [6.45, 7) is 1.22. The average molecular weight is 391 g/mol. The quantitative estimate of drug-likeness (QED) is 0.775. The topological polar surface area (TPSA) is 36.4 Å². The molecule has 1 aromatic carbocycles. The lowest BCUT2D eigenvalue weighted by molar-refractivity contribution is -0.137. The maximum absolute atomic E-state index is 12.7. The minimum absolute atomic E-state index is 0.0628. The zero-order chi connectivity index (χ0) is 20.3. The Balaban J connectivity index is 1.72. The Labute approximate surface area is 163 Å². The van der Waals surface area contributed by atoms with Gasteiger partial charge < -0.3 is 4.90 Å². The average Bonchev–Trinajstić information content (AvgIpc) is 3.09. The lowest BCUT2D eigenvalue weighted by atomic mass is 10.1. The van der Waals surface area contributed by atoms with Crippen molar-refractivity contribution in [2.24, 2.45) is 0 Å². The molecule has 1 saturated heterocycles. The van der Waals surface area contributed by atoms with Gasteiger partial charge in [-0.25, -0.2) is 0 Å². The molecule has 1 amide bonds. The minimum Gasteiger partial charge on any atom is -0.348 e. The standard InChI is InChI=1S/C21H24F3N3O/c1-26(2)20(28)14-27-12-4-7-19(27)18-6-3-5-17(25-18)13-15-8-10-16(11-9-15)21(22,23)24/h3,5-6,8-11,19H,4,7,12-14H2,1-2H3/t19-/m1/s1. The zero-order valence-corrected chi connectivity index (χ0v) is 16.0. The molecule has 0 spiro atoms. The number of hydrogen-bond donors (Lipinski definition) is 0. The van der Waals surface area contributed by atoms with E-state index < -0.39 is 11.7 Å². The summed E-state index contributed by atoms with van der Waals surface area (Å²) in [4.78, 5) is 20.5. The van der Waals surface area contributed by atoms with Crippen molar-refractivity contribution in [2.45, 2.75) is 31.5 Å². The van der Waals surface area contributed by atoms with Crippen LogP contribution >= 0.6 is 0 Å². The van der Waals surface area contributed by atoms with Crippen LogP contribution in [0.1, 0.15) is 41.4 Å². The van der Waals surface area contributed by atoms with Crippen LogP contribution in [0.4, 0.5) is 13.2 Å². The van der Waals surface area contributed by atoms with Gasteiger partial charge in [0.05, 0.1) is 23.8 Å². The van der Waals surface area contributed by atoms with E-state index in [2.05, 4.69) is 4.90 Å². The molecule has 1 aliphatic heterocycles. The van der Waals surface area contributed by atoms with E-state index in [1.165, 1.54) is 12.1 Å². The number of halogens is 3. The Hall–Kier alpha value is -2.41. The molecule has 2 aromatic rings. The Kier molecular flexibility index (Phi) is 6.03. The predicted molar refractivity (Wildman–Crippen MR) is 101 cm³/mol. The van der Waals surface area contributed by atoms with Gasteiger partial charge in [-0.3, -0.25) is 14.7 Å². The molecular formula is C21H24F3N3O. The van der Waals surface area contributed by atoms with Crippen LogP contribution in [0.5, 0.6) is 0 Å².